The third-order valence-corrected chi connectivity index (χ3v) is 6.01. The smallest absolute Gasteiger partial charge is 0.341 e. The molecule has 0 spiro atoms. The topological polar surface area (TPSA) is 73.9 Å². The lowest BCUT2D eigenvalue weighted by molar-refractivity contribution is -0.122. The fourth-order valence-corrected chi connectivity index (χ4v) is 4.59. The number of methoxy groups -OCH3 is 2. The number of anilines is 1. The van der Waals surface area contributed by atoms with E-state index >= 15 is 0 Å². The van der Waals surface area contributed by atoms with E-state index < -0.39 is 12.1 Å². The van der Waals surface area contributed by atoms with Crippen LogP contribution in [0, 0.1) is 0 Å². The van der Waals surface area contributed by atoms with Gasteiger partial charge in [0.15, 0.2) is 6.10 Å². The summed E-state index contributed by atoms with van der Waals surface area (Å²) in [5.41, 5.74) is 1.51. The van der Waals surface area contributed by atoms with Gasteiger partial charge in [0.1, 0.15) is 16.5 Å². The third-order valence-electron chi connectivity index (χ3n) is 4.80. The molecule has 0 fully saturated rings. The SMILES string of the molecule is CC[C@H](Oc1ccc(OC)cc1)C(=O)Nc1sc2c(c1C(=O)OC)CCCC2. The van der Waals surface area contributed by atoms with Crippen LogP contribution in [0.25, 0.3) is 0 Å². The van der Waals surface area contributed by atoms with Crippen molar-refractivity contribution in [3.63, 3.8) is 0 Å². The van der Waals surface area contributed by atoms with Gasteiger partial charge < -0.3 is 19.5 Å². The average molecular weight is 404 g/mol. The van der Waals surface area contributed by atoms with Crippen LogP contribution in [0.2, 0.25) is 0 Å². The lowest BCUT2D eigenvalue weighted by Crippen LogP contribution is -2.32. The lowest BCUT2D eigenvalue weighted by atomic mass is 9.95. The summed E-state index contributed by atoms with van der Waals surface area (Å²) in [6, 6.07) is 7.09. The van der Waals surface area contributed by atoms with Crippen molar-refractivity contribution in [2.75, 3.05) is 19.5 Å². The number of carbonyl (C=O) groups is 2. The fraction of sp³-hybridized carbons (Fsp3) is 0.429. The first kappa shape index (κ1) is 20.2. The number of carbonyl (C=O) groups excluding carboxylic acids is 2. The molecule has 1 aliphatic carbocycles. The van der Waals surface area contributed by atoms with Crippen molar-refractivity contribution in [1.82, 2.24) is 0 Å². The van der Waals surface area contributed by atoms with E-state index in [1.54, 1.807) is 31.4 Å². The molecule has 3 rings (SSSR count). The second-order valence-corrected chi connectivity index (χ2v) is 7.69. The number of aryl methyl sites for hydroxylation is 1. The first-order chi connectivity index (χ1) is 13.6. The van der Waals surface area contributed by atoms with Crippen LogP contribution in [0.15, 0.2) is 24.3 Å². The molecule has 1 aliphatic rings. The van der Waals surface area contributed by atoms with Crippen molar-refractivity contribution in [1.29, 1.82) is 0 Å². The molecule has 1 heterocycles. The molecule has 1 amide bonds. The summed E-state index contributed by atoms with van der Waals surface area (Å²) >= 11 is 1.47. The zero-order chi connectivity index (χ0) is 20.1. The molecule has 6 nitrogen and oxygen atoms in total. The minimum atomic E-state index is -0.669. The van der Waals surface area contributed by atoms with Crippen LogP contribution < -0.4 is 14.8 Å². The van der Waals surface area contributed by atoms with Gasteiger partial charge >= 0.3 is 5.97 Å². The second kappa shape index (κ2) is 9.10. The zero-order valence-electron chi connectivity index (χ0n) is 16.4. The molecular weight excluding hydrogens is 378 g/mol. The average Bonchev–Trinajstić information content (AvgIpc) is 3.09. The summed E-state index contributed by atoms with van der Waals surface area (Å²) in [5, 5.41) is 3.46. The van der Waals surface area contributed by atoms with Crippen molar-refractivity contribution >= 4 is 28.2 Å². The number of fused-ring (bicyclic) bond motifs is 1. The molecule has 0 unspecified atom stereocenters. The van der Waals surface area contributed by atoms with Gasteiger partial charge in [0.05, 0.1) is 19.8 Å². The Labute approximate surface area is 168 Å². The number of hydrogen-bond acceptors (Lipinski definition) is 6. The van der Waals surface area contributed by atoms with E-state index in [-0.39, 0.29) is 5.91 Å². The molecule has 28 heavy (non-hydrogen) atoms. The predicted octanol–water partition coefficient (Wildman–Crippen LogP) is 4.22. The molecule has 0 radical (unpaired) electrons. The fourth-order valence-electron chi connectivity index (χ4n) is 3.31. The maximum absolute atomic E-state index is 12.8. The molecule has 1 atom stereocenters. The number of amides is 1. The molecule has 1 N–H and O–H groups in total. The van der Waals surface area contributed by atoms with Crippen LogP contribution in [0.1, 0.15) is 47.0 Å². The van der Waals surface area contributed by atoms with Gasteiger partial charge in [-0.3, -0.25) is 4.79 Å². The van der Waals surface area contributed by atoms with Crippen molar-refractivity contribution < 1.29 is 23.8 Å². The maximum Gasteiger partial charge on any atom is 0.341 e. The van der Waals surface area contributed by atoms with Gasteiger partial charge in [-0.1, -0.05) is 6.92 Å². The summed E-state index contributed by atoms with van der Waals surface area (Å²) in [5.74, 6) is 0.624. The Kier molecular flexibility index (Phi) is 6.57. The number of ether oxygens (including phenoxy) is 3. The highest BCUT2D eigenvalue weighted by Crippen LogP contribution is 2.38. The lowest BCUT2D eigenvalue weighted by Gasteiger charge is -2.17. The maximum atomic E-state index is 12.8. The van der Waals surface area contributed by atoms with Crippen LogP contribution in [0.3, 0.4) is 0 Å². The Morgan fingerprint density at radius 3 is 2.43 bits per heavy atom. The molecule has 0 aliphatic heterocycles. The highest BCUT2D eigenvalue weighted by Gasteiger charge is 2.28. The minimum absolute atomic E-state index is 0.276. The van der Waals surface area contributed by atoms with Crippen LogP contribution in [-0.4, -0.2) is 32.2 Å². The van der Waals surface area contributed by atoms with Crippen LogP contribution in [-0.2, 0) is 22.4 Å². The Hall–Kier alpha value is -2.54. The molecular formula is C21H25NO5S. The standard InChI is InChI=1S/C21H25NO5S/c1-4-16(27-14-11-9-13(25-2)10-12-14)19(23)22-20-18(21(24)26-3)15-7-5-6-8-17(15)28-20/h9-12,16H,4-8H2,1-3H3,(H,22,23)/t16-/m0/s1. The van der Waals surface area contributed by atoms with Gasteiger partial charge in [0.25, 0.3) is 5.91 Å². The van der Waals surface area contributed by atoms with Gasteiger partial charge in [-0.25, -0.2) is 4.79 Å². The van der Waals surface area contributed by atoms with E-state index in [1.807, 2.05) is 6.92 Å². The van der Waals surface area contributed by atoms with Crippen molar-refractivity contribution in [3.8, 4) is 11.5 Å². The van der Waals surface area contributed by atoms with Gasteiger partial charge in [0, 0.05) is 4.88 Å². The molecule has 150 valence electrons. The number of thiophene rings is 1. The van der Waals surface area contributed by atoms with E-state index in [9.17, 15) is 9.59 Å². The molecule has 7 heteroatoms. The summed E-state index contributed by atoms with van der Waals surface area (Å²) in [6.07, 6.45) is 3.73. The summed E-state index contributed by atoms with van der Waals surface area (Å²) in [6.45, 7) is 1.88. The number of hydrogen-bond donors (Lipinski definition) is 1. The normalized spacial score (nSPS) is 14.0. The minimum Gasteiger partial charge on any atom is -0.497 e. The van der Waals surface area contributed by atoms with Crippen molar-refractivity contribution in [2.24, 2.45) is 0 Å². The van der Waals surface area contributed by atoms with Gasteiger partial charge in [-0.15, -0.1) is 11.3 Å². The number of esters is 1. The summed E-state index contributed by atoms with van der Waals surface area (Å²) < 4.78 is 15.9. The van der Waals surface area contributed by atoms with E-state index in [2.05, 4.69) is 5.32 Å². The Bertz CT molecular complexity index is 843. The van der Waals surface area contributed by atoms with Gasteiger partial charge in [-0.05, 0) is 61.9 Å². The molecule has 2 aromatic rings. The number of nitrogens with one attached hydrogen (secondary N) is 1. The van der Waals surface area contributed by atoms with Crippen molar-refractivity contribution in [2.45, 2.75) is 45.1 Å². The molecule has 0 saturated heterocycles. The molecule has 1 aromatic heterocycles. The molecule has 0 saturated carbocycles. The quantitative estimate of drug-likeness (QED) is 0.701. The molecule has 1 aromatic carbocycles. The number of benzene rings is 1. The van der Waals surface area contributed by atoms with E-state index in [1.165, 1.54) is 18.4 Å². The largest absolute Gasteiger partial charge is 0.497 e. The first-order valence-corrected chi connectivity index (χ1v) is 10.2. The van der Waals surface area contributed by atoms with Crippen molar-refractivity contribution in [3.05, 3.63) is 40.3 Å². The van der Waals surface area contributed by atoms with Crippen LogP contribution in [0.4, 0.5) is 5.00 Å². The molecule has 0 bridgehead atoms. The van der Waals surface area contributed by atoms with Gasteiger partial charge in [0.2, 0.25) is 0 Å². The first-order valence-electron chi connectivity index (χ1n) is 9.41. The Morgan fingerprint density at radius 1 is 1.11 bits per heavy atom. The summed E-state index contributed by atoms with van der Waals surface area (Å²) in [7, 11) is 2.96. The van der Waals surface area contributed by atoms with Crippen LogP contribution >= 0.6 is 11.3 Å². The van der Waals surface area contributed by atoms with E-state index in [4.69, 9.17) is 14.2 Å². The highest BCUT2D eigenvalue weighted by molar-refractivity contribution is 7.17. The third kappa shape index (κ3) is 4.30. The van der Waals surface area contributed by atoms with Crippen LogP contribution in [0.5, 0.6) is 11.5 Å². The van der Waals surface area contributed by atoms with E-state index in [0.29, 0.717) is 22.7 Å². The Balaban J connectivity index is 1.78. The van der Waals surface area contributed by atoms with E-state index in [0.717, 1.165) is 41.9 Å². The zero-order valence-corrected chi connectivity index (χ0v) is 17.2. The van der Waals surface area contributed by atoms with Gasteiger partial charge in [-0.2, -0.15) is 0 Å². The number of rotatable bonds is 7. The second-order valence-electron chi connectivity index (χ2n) is 6.59. The predicted molar refractivity (Wildman–Crippen MR) is 109 cm³/mol. The Morgan fingerprint density at radius 2 is 1.79 bits per heavy atom. The highest BCUT2D eigenvalue weighted by atomic mass is 32.1. The summed E-state index contributed by atoms with van der Waals surface area (Å²) in [4.78, 5) is 26.3. The monoisotopic (exact) mass is 403 g/mol.